The Labute approximate surface area is 200 Å². The molecule has 2 aliphatic rings. The van der Waals surface area contributed by atoms with Crippen LogP contribution in [-0.2, 0) is 14.3 Å². The summed E-state index contributed by atoms with van der Waals surface area (Å²) in [6.45, 7) is 0.485. The van der Waals surface area contributed by atoms with Gasteiger partial charge < -0.3 is 10.2 Å². The van der Waals surface area contributed by atoms with E-state index in [1.165, 1.54) is 12.2 Å². The third-order valence-corrected chi connectivity index (χ3v) is 6.59. The molecule has 1 fully saturated rings. The quantitative estimate of drug-likeness (QED) is 0.528. The van der Waals surface area contributed by atoms with Gasteiger partial charge in [0.25, 0.3) is 0 Å². The zero-order chi connectivity index (χ0) is 24.1. The van der Waals surface area contributed by atoms with Gasteiger partial charge in [0.15, 0.2) is 5.06 Å². The summed E-state index contributed by atoms with van der Waals surface area (Å²) in [4.78, 5) is 27.2. The number of carbonyl (C=O) groups excluding carboxylic acids is 2. The minimum absolute atomic E-state index is 0.0971. The van der Waals surface area contributed by atoms with Gasteiger partial charge in [0.1, 0.15) is 6.04 Å². The molecule has 2 unspecified atom stereocenters. The van der Waals surface area contributed by atoms with Crippen LogP contribution in [0.1, 0.15) is 37.7 Å². The molecule has 1 aliphatic heterocycles. The summed E-state index contributed by atoms with van der Waals surface area (Å²) in [6.07, 6.45) is 1.92. The number of ether oxygens (including phenoxy) is 1. The zero-order valence-electron chi connectivity index (χ0n) is 18.2. The highest BCUT2D eigenvalue weighted by Crippen LogP contribution is 2.45. The van der Waals surface area contributed by atoms with Crippen molar-refractivity contribution in [2.45, 2.75) is 49.6 Å². The van der Waals surface area contributed by atoms with E-state index < -0.39 is 29.8 Å². The molecule has 1 aliphatic carbocycles. The van der Waals surface area contributed by atoms with E-state index in [9.17, 15) is 22.8 Å². The average Bonchev–Trinajstić information content (AvgIpc) is 2.76. The van der Waals surface area contributed by atoms with Gasteiger partial charge in [-0.25, -0.2) is 0 Å². The van der Waals surface area contributed by atoms with Crippen molar-refractivity contribution in [1.82, 2.24) is 10.2 Å². The van der Waals surface area contributed by atoms with Crippen molar-refractivity contribution in [3.05, 3.63) is 53.7 Å². The molecule has 10 heteroatoms. The molecule has 5 nitrogen and oxygen atoms in total. The number of halogens is 4. The number of amides is 2. The van der Waals surface area contributed by atoms with Crippen LogP contribution in [0.15, 0.2) is 48.2 Å². The second-order valence-electron chi connectivity index (χ2n) is 7.92. The fraction of sp³-hybridized carbons (Fsp3) is 0.478. The van der Waals surface area contributed by atoms with Crippen molar-refractivity contribution in [2.75, 3.05) is 18.6 Å². The van der Waals surface area contributed by atoms with Gasteiger partial charge in [0.2, 0.25) is 11.8 Å². The molecule has 0 bridgehead atoms. The molecule has 0 aromatic heterocycles. The predicted molar refractivity (Wildman–Crippen MR) is 123 cm³/mol. The van der Waals surface area contributed by atoms with Gasteiger partial charge in [-0.1, -0.05) is 48.0 Å². The fourth-order valence-electron chi connectivity index (χ4n) is 4.07. The maximum atomic E-state index is 13.2. The number of benzene rings is 1. The molecule has 2 atom stereocenters. The van der Waals surface area contributed by atoms with Crippen LogP contribution in [0.5, 0.6) is 0 Å². The summed E-state index contributed by atoms with van der Waals surface area (Å²) in [5.41, 5.74) is 0.823. The monoisotopic (exact) mass is 502 g/mol. The van der Waals surface area contributed by atoms with E-state index in [0.29, 0.717) is 30.7 Å². The standard InChI is InChI=1S/C23H26ClF3N2O3S/c1-33-14-12-20(30)29-13-6-5-9-19(29)21(31)28-17-10-11-18(16-7-3-2-4-8-16)22(24,15-17)32-23(25,26)27/h2-4,7-8,10-11,19H,5-6,9,12-15H2,1H3,(H,28,31). The van der Waals surface area contributed by atoms with Crippen LogP contribution in [0.3, 0.4) is 0 Å². The molecule has 3 rings (SSSR count). The number of likely N-dealkylation sites (tertiary alicyclic amines) is 1. The number of nitrogens with one attached hydrogen (secondary N) is 1. The van der Waals surface area contributed by atoms with Crippen LogP contribution in [0.4, 0.5) is 13.2 Å². The highest BCUT2D eigenvalue weighted by atomic mass is 35.5. The van der Waals surface area contributed by atoms with Crippen LogP contribution in [-0.4, -0.2) is 52.7 Å². The Bertz CT molecular complexity index is 923. The predicted octanol–water partition coefficient (Wildman–Crippen LogP) is 5.08. The molecular weight excluding hydrogens is 477 g/mol. The Hall–Kier alpha value is -1.97. The Kier molecular flexibility index (Phi) is 8.53. The fourth-order valence-corrected chi connectivity index (χ4v) is 4.86. The highest BCUT2D eigenvalue weighted by molar-refractivity contribution is 7.98. The number of carbonyl (C=O) groups is 2. The Morgan fingerprint density at radius 3 is 2.64 bits per heavy atom. The molecule has 0 radical (unpaired) electrons. The normalized spacial score (nSPS) is 23.5. The van der Waals surface area contributed by atoms with E-state index in [0.717, 1.165) is 12.8 Å². The van der Waals surface area contributed by atoms with Crippen molar-refractivity contribution in [1.29, 1.82) is 0 Å². The molecule has 0 spiro atoms. The highest BCUT2D eigenvalue weighted by Gasteiger charge is 2.47. The number of rotatable bonds is 7. The molecule has 1 aromatic rings. The molecule has 0 saturated carbocycles. The van der Waals surface area contributed by atoms with Gasteiger partial charge in [-0.15, -0.1) is 13.2 Å². The van der Waals surface area contributed by atoms with Crippen LogP contribution in [0, 0.1) is 0 Å². The first-order valence-electron chi connectivity index (χ1n) is 10.6. The van der Waals surface area contributed by atoms with Crippen molar-refractivity contribution >= 4 is 40.8 Å². The first-order valence-corrected chi connectivity index (χ1v) is 12.4. The summed E-state index contributed by atoms with van der Waals surface area (Å²) in [6, 6.07) is 7.73. The SMILES string of the molecule is CSCCC(=O)N1CCCCC1C(=O)NC1=CC=C(c2ccccc2)C(Cl)(OC(F)(F)F)C1. The van der Waals surface area contributed by atoms with Crippen LogP contribution < -0.4 is 5.32 Å². The molecule has 180 valence electrons. The number of allylic oxidation sites excluding steroid dienone is 2. The van der Waals surface area contributed by atoms with Crippen molar-refractivity contribution in [3.8, 4) is 0 Å². The van der Waals surface area contributed by atoms with E-state index in [4.69, 9.17) is 11.6 Å². The summed E-state index contributed by atoms with van der Waals surface area (Å²) < 4.78 is 44.0. The van der Waals surface area contributed by atoms with E-state index in [2.05, 4.69) is 10.1 Å². The van der Waals surface area contributed by atoms with Gasteiger partial charge in [-0.05, 0) is 37.2 Å². The number of alkyl halides is 4. The topological polar surface area (TPSA) is 58.6 Å². The summed E-state index contributed by atoms with van der Waals surface area (Å²) in [5, 5.41) is 0.451. The van der Waals surface area contributed by atoms with Crippen LogP contribution in [0.25, 0.3) is 5.57 Å². The third-order valence-electron chi connectivity index (χ3n) is 5.56. The number of thioether (sulfide) groups is 1. The first-order chi connectivity index (χ1) is 15.6. The molecule has 1 N–H and O–H groups in total. The lowest BCUT2D eigenvalue weighted by atomic mass is 9.92. The summed E-state index contributed by atoms with van der Waals surface area (Å²) >= 11 is 7.94. The minimum atomic E-state index is -4.98. The molecular formula is C23H26ClF3N2O3S. The van der Waals surface area contributed by atoms with E-state index >= 15 is 0 Å². The molecule has 33 heavy (non-hydrogen) atoms. The molecule has 1 aromatic carbocycles. The Morgan fingerprint density at radius 1 is 1.24 bits per heavy atom. The first kappa shape index (κ1) is 25.6. The van der Waals surface area contributed by atoms with Crippen LogP contribution in [0.2, 0.25) is 0 Å². The van der Waals surface area contributed by atoms with E-state index in [1.54, 1.807) is 47.0 Å². The Morgan fingerprint density at radius 2 is 1.97 bits per heavy atom. The van der Waals surface area contributed by atoms with E-state index in [-0.39, 0.29) is 17.2 Å². The molecule has 1 saturated heterocycles. The average molecular weight is 503 g/mol. The zero-order valence-corrected chi connectivity index (χ0v) is 19.7. The molecule has 2 amide bonds. The lowest BCUT2D eigenvalue weighted by Crippen LogP contribution is -2.52. The van der Waals surface area contributed by atoms with Gasteiger partial charge in [0.05, 0.1) is 0 Å². The van der Waals surface area contributed by atoms with Gasteiger partial charge in [-0.2, -0.15) is 11.8 Å². The Balaban J connectivity index is 1.81. The summed E-state index contributed by atoms with van der Waals surface area (Å²) in [5.74, 6) is 0.132. The van der Waals surface area contributed by atoms with Crippen molar-refractivity contribution < 1.29 is 27.5 Å². The smallest absolute Gasteiger partial charge is 0.331 e. The van der Waals surface area contributed by atoms with Crippen LogP contribution >= 0.6 is 23.4 Å². The van der Waals surface area contributed by atoms with Gasteiger partial charge in [0, 0.05) is 36.4 Å². The van der Waals surface area contributed by atoms with Crippen molar-refractivity contribution in [2.24, 2.45) is 0 Å². The lowest BCUT2D eigenvalue weighted by Gasteiger charge is -2.37. The molecule has 1 heterocycles. The largest absolute Gasteiger partial charge is 0.524 e. The number of piperidine rings is 1. The summed E-state index contributed by atoms with van der Waals surface area (Å²) in [7, 11) is 0. The van der Waals surface area contributed by atoms with E-state index in [1.807, 2.05) is 6.26 Å². The third kappa shape index (κ3) is 6.77. The van der Waals surface area contributed by atoms with Gasteiger partial charge in [-0.3, -0.25) is 14.3 Å². The second kappa shape index (κ2) is 11.0. The van der Waals surface area contributed by atoms with Crippen molar-refractivity contribution in [3.63, 3.8) is 0 Å². The number of nitrogens with zero attached hydrogens (tertiary/aromatic N) is 1. The maximum absolute atomic E-state index is 13.2. The minimum Gasteiger partial charge on any atom is -0.331 e. The second-order valence-corrected chi connectivity index (χ2v) is 9.52. The lowest BCUT2D eigenvalue weighted by molar-refractivity contribution is -0.342. The number of hydrogen-bond donors (Lipinski definition) is 1. The maximum Gasteiger partial charge on any atom is 0.524 e. The van der Waals surface area contributed by atoms with Gasteiger partial charge >= 0.3 is 6.36 Å². The number of hydrogen-bond acceptors (Lipinski definition) is 4.